The maximum atomic E-state index is 5.29. The molecule has 1 aromatic carbocycles. The van der Waals surface area contributed by atoms with Crippen LogP contribution in [0.1, 0.15) is 38.1 Å². The molecule has 0 amide bonds. The fourth-order valence-electron chi connectivity index (χ4n) is 4.87. The molecule has 0 saturated carbocycles. The molecule has 6 nitrogen and oxygen atoms in total. The van der Waals surface area contributed by atoms with Crippen LogP contribution in [-0.2, 0) is 13.0 Å². The van der Waals surface area contributed by atoms with E-state index in [2.05, 4.69) is 69.1 Å². The van der Waals surface area contributed by atoms with E-state index in [9.17, 15) is 0 Å². The lowest BCUT2D eigenvalue weighted by Gasteiger charge is -2.44. The summed E-state index contributed by atoms with van der Waals surface area (Å²) in [5.74, 6) is 1.57. The number of nitrogens with zero attached hydrogens (tertiary/aromatic N) is 4. The number of piperidine rings is 1. The molecule has 30 heavy (non-hydrogen) atoms. The van der Waals surface area contributed by atoms with Crippen LogP contribution in [0.25, 0.3) is 0 Å². The van der Waals surface area contributed by atoms with E-state index in [0.29, 0.717) is 12.0 Å². The van der Waals surface area contributed by atoms with Crippen molar-refractivity contribution in [3.8, 4) is 5.75 Å². The van der Waals surface area contributed by atoms with Crippen LogP contribution in [0.4, 0.5) is 5.69 Å². The van der Waals surface area contributed by atoms with E-state index in [1.807, 2.05) is 0 Å². The molecule has 1 N–H and O–H groups in total. The second-order valence-corrected chi connectivity index (χ2v) is 9.23. The number of rotatable bonds is 7. The van der Waals surface area contributed by atoms with Gasteiger partial charge in [0.1, 0.15) is 5.75 Å². The van der Waals surface area contributed by atoms with Gasteiger partial charge in [-0.15, -0.1) is 0 Å². The summed E-state index contributed by atoms with van der Waals surface area (Å²) in [6, 6.07) is 11.4. The quantitative estimate of drug-likeness (QED) is 0.757. The zero-order valence-corrected chi connectivity index (χ0v) is 18.8. The molecule has 3 heterocycles. The van der Waals surface area contributed by atoms with E-state index in [1.54, 1.807) is 7.11 Å². The van der Waals surface area contributed by atoms with Crippen LogP contribution in [0.5, 0.6) is 5.75 Å². The fourth-order valence-corrected chi connectivity index (χ4v) is 4.87. The third-order valence-corrected chi connectivity index (χ3v) is 6.44. The van der Waals surface area contributed by atoms with Gasteiger partial charge in [0.2, 0.25) is 0 Å². The number of aromatic amines is 1. The molecule has 0 radical (unpaired) electrons. The normalized spacial score (nSPS) is 21.3. The average Bonchev–Trinajstić information content (AvgIpc) is 3.20. The molecule has 164 valence electrons. The van der Waals surface area contributed by atoms with Crippen molar-refractivity contribution < 1.29 is 4.74 Å². The van der Waals surface area contributed by atoms with Crippen molar-refractivity contribution in [2.45, 2.75) is 45.7 Å². The Kier molecular flexibility index (Phi) is 6.95. The summed E-state index contributed by atoms with van der Waals surface area (Å²) in [6.45, 7) is 12.3. The minimum absolute atomic E-state index is 0.650. The van der Waals surface area contributed by atoms with Gasteiger partial charge in [0.05, 0.1) is 12.8 Å². The van der Waals surface area contributed by atoms with Crippen LogP contribution in [0.2, 0.25) is 0 Å². The van der Waals surface area contributed by atoms with Crippen molar-refractivity contribution >= 4 is 5.69 Å². The highest BCUT2D eigenvalue weighted by Gasteiger charge is 2.28. The number of aromatic nitrogens is 2. The molecular formula is C24H37N5O. The molecule has 0 aliphatic carbocycles. The first kappa shape index (κ1) is 21.2. The first-order valence-electron chi connectivity index (χ1n) is 11.5. The molecule has 6 heteroatoms. The topological polar surface area (TPSA) is 47.6 Å². The van der Waals surface area contributed by atoms with Gasteiger partial charge in [-0.2, -0.15) is 5.10 Å². The number of nitrogens with one attached hydrogen (secondary N) is 1. The largest absolute Gasteiger partial charge is 0.497 e. The Morgan fingerprint density at radius 2 is 1.87 bits per heavy atom. The molecule has 0 bridgehead atoms. The number of ether oxygens (including phenoxy) is 1. The predicted molar refractivity (Wildman–Crippen MR) is 122 cm³/mol. The zero-order chi connectivity index (χ0) is 20.9. The van der Waals surface area contributed by atoms with E-state index in [-0.39, 0.29) is 0 Å². The second kappa shape index (κ2) is 9.84. The lowest BCUT2D eigenvalue weighted by atomic mass is 10.0. The Morgan fingerprint density at radius 1 is 1.10 bits per heavy atom. The Bertz CT molecular complexity index is 779. The lowest BCUT2D eigenvalue weighted by Crippen LogP contribution is -2.55. The van der Waals surface area contributed by atoms with Crippen molar-refractivity contribution in [3.63, 3.8) is 0 Å². The summed E-state index contributed by atoms with van der Waals surface area (Å²) < 4.78 is 5.29. The number of likely N-dealkylation sites (tertiary alicyclic amines) is 1. The van der Waals surface area contributed by atoms with Crippen molar-refractivity contribution in [1.29, 1.82) is 0 Å². The van der Waals surface area contributed by atoms with Crippen molar-refractivity contribution in [3.05, 3.63) is 41.7 Å². The summed E-state index contributed by atoms with van der Waals surface area (Å²) in [5.41, 5.74) is 3.76. The van der Waals surface area contributed by atoms with Gasteiger partial charge in [-0.1, -0.05) is 13.8 Å². The van der Waals surface area contributed by atoms with E-state index in [4.69, 9.17) is 4.74 Å². The summed E-state index contributed by atoms with van der Waals surface area (Å²) in [4.78, 5) is 7.82. The summed E-state index contributed by atoms with van der Waals surface area (Å²) in [6.07, 6.45) is 3.66. The Labute approximate surface area is 181 Å². The molecule has 2 aliphatic rings. The van der Waals surface area contributed by atoms with Crippen molar-refractivity contribution in [2.75, 3.05) is 51.3 Å². The number of hydrogen-bond donors (Lipinski definition) is 1. The molecule has 2 fully saturated rings. The molecule has 2 aliphatic heterocycles. The van der Waals surface area contributed by atoms with Gasteiger partial charge in [-0.3, -0.25) is 14.9 Å². The van der Waals surface area contributed by atoms with Crippen LogP contribution >= 0.6 is 0 Å². The van der Waals surface area contributed by atoms with E-state index in [1.165, 1.54) is 43.0 Å². The highest BCUT2D eigenvalue weighted by molar-refractivity contribution is 5.49. The van der Waals surface area contributed by atoms with Gasteiger partial charge in [0.25, 0.3) is 0 Å². The first-order chi connectivity index (χ1) is 14.6. The van der Waals surface area contributed by atoms with Gasteiger partial charge in [0.15, 0.2) is 0 Å². The standard InChI is InChI=1S/C24H37N5O/c1-19(2)15-20-16-21(26-25-20)17-27-10-4-5-23(18-27)29-13-11-28(12-14-29)22-6-8-24(30-3)9-7-22/h6-9,16,19,23H,4-5,10-15,17-18H2,1-3H3,(H,25,26)/t23-/m0/s1. The van der Waals surface area contributed by atoms with Crippen LogP contribution < -0.4 is 9.64 Å². The van der Waals surface area contributed by atoms with Gasteiger partial charge in [0, 0.05) is 56.7 Å². The molecule has 0 spiro atoms. The number of benzene rings is 1. The molecular weight excluding hydrogens is 374 g/mol. The number of piperazine rings is 1. The Balaban J connectivity index is 1.27. The van der Waals surface area contributed by atoms with Gasteiger partial charge < -0.3 is 9.64 Å². The molecule has 4 rings (SSSR count). The number of methoxy groups -OCH3 is 1. The number of anilines is 1. The Morgan fingerprint density at radius 3 is 2.57 bits per heavy atom. The number of H-pyrrole nitrogens is 1. The SMILES string of the molecule is COc1ccc(N2CCN([C@H]3CCCN(Cc4cc(CC(C)C)n[nH]4)C3)CC2)cc1. The maximum Gasteiger partial charge on any atom is 0.119 e. The zero-order valence-electron chi connectivity index (χ0n) is 18.8. The predicted octanol–water partition coefficient (Wildman–Crippen LogP) is 3.40. The minimum Gasteiger partial charge on any atom is -0.497 e. The van der Waals surface area contributed by atoms with Crippen LogP contribution in [0.3, 0.4) is 0 Å². The van der Waals surface area contributed by atoms with E-state index in [0.717, 1.165) is 44.9 Å². The third kappa shape index (κ3) is 5.35. The lowest BCUT2D eigenvalue weighted by molar-refractivity contribution is 0.0881. The van der Waals surface area contributed by atoms with Gasteiger partial charge >= 0.3 is 0 Å². The van der Waals surface area contributed by atoms with Crippen molar-refractivity contribution in [2.24, 2.45) is 5.92 Å². The molecule has 0 unspecified atom stereocenters. The molecule has 1 aromatic heterocycles. The van der Waals surface area contributed by atoms with Crippen LogP contribution in [0.15, 0.2) is 30.3 Å². The number of hydrogen-bond acceptors (Lipinski definition) is 5. The summed E-state index contributed by atoms with van der Waals surface area (Å²) >= 11 is 0. The molecule has 1 atom stereocenters. The average molecular weight is 412 g/mol. The Hall–Kier alpha value is -2.05. The second-order valence-electron chi connectivity index (χ2n) is 9.23. The van der Waals surface area contributed by atoms with Crippen molar-refractivity contribution in [1.82, 2.24) is 20.0 Å². The van der Waals surface area contributed by atoms with Crippen LogP contribution in [-0.4, -0.2) is 72.4 Å². The van der Waals surface area contributed by atoms with Crippen LogP contribution in [0, 0.1) is 5.92 Å². The first-order valence-corrected chi connectivity index (χ1v) is 11.5. The summed E-state index contributed by atoms with van der Waals surface area (Å²) in [5, 5.41) is 7.77. The monoisotopic (exact) mass is 411 g/mol. The van der Waals surface area contributed by atoms with E-state index < -0.39 is 0 Å². The summed E-state index contributed by atoms with van der Waals surface area (Å²) in [7, 11) is 1.72. The highest BCUT2D eigenvalue weighted by atomic mass is 16.5. The molecule has 2 saturated heterocycles. The maximum absolute atomic E-state index is 5.29. The minimum atomic E-state index is 0.650. The van der Waals surface area contributed by atoms with Gasteiger partial charge in [-0.05, 0) is 62.1 Å². The smallest absolute Gasteiger partial charge is 0.119 e. The highest BCUT2D eigenvalue weighted by Crippen LogP contribution is 2.23. The van der Waals surface area contributed by atoms with Gasteiger partial charge in [-0.25, -0.2) is 0 Å². The van der Waals surface area contributed by atoms with E-state index >= 15 is 0 Å². The molecule has 2 aromatic rings. The fraction of sp³-hybridized carbons (Fsp3) is 0.625. The third-order valence-electron chi connectivity index (χ3n) is 6.44.